The van der Waals surface area contributed by atoms with Crippen molar-refractivity contribution in [3.05, 3.63) is 0 Å². The molecule has 1 fully saturated rings. The van der Waals surface area contributed by atoms with Crippen molar-refractivity contribution in [2.24, 2.45) is 0 Å². The van der Waals surface area contributed by atoms with Gasteiger partial charge in [0.2, 0.25) is 0 Å². The van der Waals surface area contributed by atoms with Gasteiger partial charge in [0, 0.05) is 0 Å². The Labute approximate surface area is 79.9 Å². The molecule has 1 heterocycles. The number of ether oxygens (including phenoxy) is 1. The fraction of sp³-hybridized carbons (Fsp3) is 1.00. The molecule has 1 nitrogen and oxygen atoms in total. The van der Waals surface area contributed by atoms with Crippen LogP contribution in [0.3, 0.4) is 0 Å². The number of hydrogen-bond donors (Lipinski definition) is 0. The standard InChI is InChI=1S/C7H11F3IO/c1-11-5-2-3-6(12-4-5)7(8,9)10/h5-6H,2-4H2,1H3/q-1/t5-,6+/m0/s1. The van der Waals surface area contributed by atoms with Crippen LogP contribution in [-0.4, -0.2) is 27.7 Å². The zero-order chi connectivity index (χ0) is 9.19. The molecular weight excluding hydrogens is 284 g/mol. The Hall–Kier alpha value is 0.480. The first-order valence-corrected chi connectivity index (χ1v) is 7.10. The molecule has 0 spiro atoms. The summed E-state index contributed by atoms with van der Waals surface area (Å²) in [5.74, 6) is 0. The third-order valence-corrected chi connectivity index (χ3v) is 4.64. The molecule has 0 unspecified atom stereocenters. The van der Waals surface area contributed by atoms with Crippen molar-refractivity contribution in [1.29, 1.82) is 0 Å². The van der Waals surface area contributed by atoms with Crippen LogP contribution in [0.25, 0.3) is 0 Å². The molecule has 5 heteroatoms. The van der Waals surface area contributed by atoms with Crippen molar-refractivity contribution in [1.82, 2.24) is 0 Å². The summed E-state index contributed by atoms with van der Waals surface area (Å²) in [5.41, 5.74) is 0. The molecule has 0 bridgehead atoms. The van der Waals surface area contributed by atoms with Gasteiger partial charge in [-0.2, -0.15) is 0 Å². The van der Waals surface area contributed by atoms with E-state index in [1.165, 1.54) is 0 Å². The summed E-state index contributed by atoms with van der Waals surface area (Å²) in [6.45, 7) is 0.313. The molecule has 0 N–H and O–H groups in total. The average Bonchev–Trinajstić information content (AvgIpc) is 2.03. The first-order chi connectivity index (χ1) is 5.54. The molecule has 1 saturated heterocycles. The van der Waals surface area contributed by atoms with E-state index in [0.717, 1.165) is 0 Å². The Morgan fingerprint density at radius 3 is 2.33 bits per heavy atom. The van der Waals surface area contributed by atoms with E-state index in [1.54, 1.807) is 0 Å². The van der Waals surface area contributed by atoms with E-state index in [0.29, 0.717) is 17.0 Å². The molecule has 0 saturated carbocycles. The van der Waals surface area contributed by atoms with E-state index in [9.17, 15) is 13.2 Å². The zero-order valence-corrected chi connectivity index (χ0v) is 8.85. The molecule has 1 rings (SSSR count). The van der Waals surface area contributed by atoms with E-state index in [4.69, 9.17) is 4.74 Å². The van der Waals surface area contributed by atoms with Gasteiger partial charge in [-0.15, -0.1) is 0 Å². The molecule has 74 valence electrons. The molecule has 0 aliphatic carbocycles. The van der Waals surface area contributed by atoms with E-state index in [1.807, 2.05) is 0 Å². The van der Waals surface area contributed by atoms with Crippen LogP contribution in [0.15, 0.2) is 0 Å². The van der Waals surface area contributed by atoms with Crippen molar-refractivity contribution < 1.29 is 39.1 Å². The fourth-order valence-electron chi connectivity index (χ4n) is 1.15. The quantitative estimate of drug-likeness (QED) is 0.437. The Kier molecular flexibility index (Phi) is 3.63. The van der Waals surface area contributed by atoms with E-state index in [-0.39, 0.29) is 27.6 Å². The number of hydrogen-bond acceptors (Lipinski definition) is 1. The predicted octanol–water partition coefficient (Wildman–Crippen LogP) is -1.18. The second-order valence-corrected chi connectivity index (χ2v) is 5.76. The van der Waals surface area contributed by atoms with Gasteiger partial charge in [0.05, 0.1) is 0 Å². The minimum absolute atomic E-state index is 0.0378. The molecule has 0 aromatic heterocycles. The Morgan fingerprint density at radius 1 is 1.33 bits per heavy atom. The van der Waals surface area contributed by atoms with Crippen molar-refractivity contribution in [3.8, 4) is 0 Å². The summed E-state index contributed by atoms with van der Waals surface area (Å²) in [6, 6.07) is 0. The molecule has 1 aliphatic rings. The summed E-state index contributed by atoms with van der Waals surface area (Å²) in [5, 5.41) is 0. The summed E-state index contributed by atoms with van der Waals surface area (Å²) in [6.07, 6.45) is -4.81. The van der Waals surface area contributed by atoms with Crippen molar-refractivity contribution in [2.45, 2.75) is 29.0 Å². The van der Waals surface area contributed by atoms with E-state index in [2.05, 4.69) is 4.93 Å². The Balaban J connectivity index is 2.36. The molecular formula is C7H11F3IO-. The van der Waals surface area contributed by atoms with Gasteiger partial charge in [-0.05, 0) is 0 Å². The molecule has 12 heavy (non-hydrogen) atoms. The predicted molar refractivity (Wildman–Crippen MR) is 34.7 cm³/mol. The molecule has 1 aliphatic heterocycles. The fourth-order valence-corrected chi connectivity index (χ4v) is 2.70. The van der Waals surface area contributed by atoms with Gasteiger partial charge >= 0.3 is 79.7 Å². The van der Waals surface area contributed by atoms with Gasteiger partial charge in [-0.1, -0.05) is 0 Å². The average molecular weight is 295 g/mol. The van der Waals surface area contributed by atoms with Crippen LogP contribution in [-0.2, 0) is 4.74 Å². The van der Waals surface area contributed by atoms with E-state index < -0.39 is 12.3 Å². The number of rotatable bonds is 1. The second-order valence-electron chi connectivity index (χ2n) is 2.76. The molecule has 0 aromatic carbocycles. The molecule has 0 amide bonds. The monoisotopic (exact) mass is 295 g/mol. The summed E-state index contributed by atoms with van der Waals surface area (Å²) in [4.78, 5) is 2.08. The Bertz CT molecular complexity index is 140. The zero-order valence-electron chi connectivity index (χ0n) is 6.70. The van der Waals surface area contributed by atoms with Crippen LogP contribution in [0.2, 0.25) is 0 Å². The van der Waals surface area contributed by atoms with Crippen molar-refractivity contribution in [2.75, 3.05) is 11.5 Å². The molecule has 0 radical (unpaired) electrons. The second kappa shape index (κ2) is 4.13. The maximum atomic E-state index is 12.1. The first kappa shape index (κ1) is 10.6. The third kappa shape index (κ3) is 2.76. The van der Waals surface area contributed by atoms with Crippen LogP contribution in [0.4, 0.5) is 13.2 Å². The van der Waals surface area contributed by atoms with Gasteiger partial charge < -0.3 is 0 Å². The van der Waals surface area contributed by atoms with Gasteiger partial charge in [-0.3, -0.25) is 0 Å². The van der Waals surface area contributed by atoms with Crippen LogP contribution in [0, 0.1) is 0 Å². The molecule has 0 aromatic rings. The van der Waals surface area contributed by atoms with Gasteiger partial charge in [-0.25, -0.2) is 0 Å². The Morgan fingerprint density at radius 2 is 2.00 bits per heavy atom. The summed E-state index contributed by atoms with van der Waals surface area (Å²) < 4.78 is 41.4. The molecule has 2 atom stereocenters. The topological polar surface area (TPSA) is 9.23 Å². The SMILES string of the molecule is C[I-][C@H]1CC[C@H](C(F)(F)F)OC1. The normalized spacial score (nSPS) is 32.3. The number of alkyl halides is 5. The van der Waals surface area contributed by atoms with Gasteiger partial charge in [0.15, 0.2) is 0 Å². The van der Waals surface area contributed by atoms with Crippen LogP contribution < -0.4 is 21.2 Å². The summed E-state index contributed by atoms with van der Waals surface area (Å²) >= 11 is 0.0378. The van der Waals surface area contributed by atoms with Crippen LogP contribution in [0.5, 0.6) is 0 Å². The van der Waals surface area contributed by atoms with Crippen LogP contribution in [0.1, 0.15) is 12.8 Å². The van der Waals surface area contributed by atoms with E-state index >= 15 is 0 Å². The number of halogens is 4. The van der Waals surface area contributed by atoms with Crippen molar-refractivity contribution >= 4 is 0 Å². The minimum atomic E-state index is -4.16. The maximum absolute atomic E-state index is 12.1. The summed E-state index contributed by atoms with van der Waals surface area (Å²) in [7, 11) is 0. The first-order valence-electron chi connectivity index (χ1n) is 3.70. The van der Waals surface area contributed by atoms with Crippen LogP contribution >= 0.6 is 0 Å². The van der Waals surface area contributed by atoms with Gasteiger partial charge in [0.25, 0.3) is 0 Å². The third-order valence-electron chi connectivity index (χ3n) is 1.89. The van der Waals surface area contributed by atoms with Gasteiger partial charge in [0.1, 0.15) is 0 Å². The van der Waals surface area contributed by atoms with Crippen molar-refractivity contribution in [3.63, 3.8) is 0 Å².